The Labute approximate surface area is 223 Å². The highest BCUT2D eigenvalue weighted by atomic mass is 35.5. The first kappa shape index (κ1) is 25.1. The summed E-state index contributed by atoms with van der Waals surface area (Å²) in [6.07, 6.45) is 0.328. The van der Waals surface area contributed by atoms with E-state index in [0.717, 1.165) is 11.1 Å². The molecule has 0 aliphatic rings. The molecule has 8 heteroatoms. The first-order chi connectivity index (χ1) is 17.9. The van der Waals surface area contributed by atoms with Crippen LogP contribution in [0.2, 0.25) is 10.0 Å². The van der Waals surface area contributed by atoms with Gasteiger partial charge in [-0.1, -0.05) is 23.2 Å². The average molecular weight is 521 g/mol. The van der Waals surface area contributed by atoms with Crippen LogP contribution >= 0.6 is 23.2 Å². The maximum atomic E-state index is 9.33. The van der Waals surface area contributed by atoms with Crippen molar-refractivity contribution in [3.8, 4) is 47.3 Å². The van der Waals surface area contributed by atoms with Gasteiger partial charge >= 0.3 is 0 Å². The highest BCUT2D eigenvalue weighted by Gasteiger charge is 2.14. The van der Waals surface area contributed by atoms with Gasteiger partial charge in [-0.25, -0.2) is 0 Å². The van der Waals surface area contributed by atoms with Crippen LogP contribution in [0.15, 0.2) is 72.8 Å². The predicted molar refractivity (Wildman–Crippen MR) is 138 cm³/mol. The van der Waals surface area contributed by atoms with Crippen LogP contribution in [0, 0.1) is 45.3 Å². The van der Waals surface area contributed by atoms with Crippen LogP contribution in [0.3, 0.4) is 0 Å². The quantitative estimate of drug-likeness (QED) is 0.257. The molecule has 0 atom stereocenters. The Kier molecular flexibility index (Phi) is 7.59. The van der Waals surface area contributed by atoms with Crippen molar-refractivity contribution in [2.24, 2.45) is 0 Å². The van der Waals surface area contributed by atoms with E-state index in [9.17, 15) is 10.5 Å². The van der Waals surface area contributed by atoms with Gasteiger partial charge in [0.05, 0.1) is 22.3 Å². The third-order valence-electron chi connectivity index (χ3n) is 5.35. The lowest BCUT2D eigenvalue weighted by molar-refractivity contribution is 0.471. The monoisotopic (exact) mass is 520 g/mol. The van der Waals surface area contributed by atoms with Crippen LogP contribution in [0.25, 0.3) is 0 Å². The molecule has 0 aliphatic heterocycles. The minimum absolute atomic E-state index is 0.209. The Balaban J connectivity index is 1.68. The van der Waals surface area contributed by atoms with Crippen LogP contribution in [-0.4, -0.2) is 0 Å². The largest absolute Gasteiger partial charge is 0.457 e. The zero-order valence-electron chi connectivity index (χ0n) is 19.0. The van der Waals surface area contributed by atoms with E-state index in [0.29, 0.717) is 39.5 Å². The minimum Gasteiger partial charge on any atom is -0.457 e. The molecule has 4 rings (SSSR count). The lowest BCUT2D eigenvalue weighted by atomic mass is 10.0. The van der Waals surface area contributed by atoms with Gasteiger partial charge in [0, 0.05) is 27.6 Å². The SMILES string of the molecule is N#Cc1ccc(Oc2ccc(Cl)cc2Cc2cc(Cl)ccc2Oc2ccc(C#N)c(C#N)c2)cc1C#N. The predicted octanol–water partition coefficient (Wildman–Crippen LogP) is 7.66. The number of hydrogen-bond donors (Lipinski definition) is 0. The fraction of sp³-hybridized carbons (Fsp3) is 0.0345. The Bertz CT molecular complexity index is 1560. The lowest BCUT2D eigenvalue weighted by Crippen LogP contribution is -1.98. The molecule has 0 heterocycles. The molecule has 4 aromatic rings. The zero-order chi connectivity index (χ0) is 26.4. The molecule has 0 radical (unpaired) electrons. The van der Waals surface area contributed by atoms with E-state index in [2.05, 4.69) is 0 Å². The molecule has 0 bridgehead atoms. The summed E-state index contributed by atoms with van der Waals surface area (Å²) in [6.45, 7) is 0. The smallest absolute Gasteiger partial charge is 0.131 e. The first-order valence-electron chi connectivity index (χ1n) is 10.7. The molecule has 0 aliphatic carbocycles. The number of rotatable bonds is 6. The number of benzene rings is 4. The van der Waals surface area contributed by atoms with E-state index >= 15 is 0 Å². The zero-order valence-corrected chi connectivity index (χ0v) is 20.5. The number of ether oxygens (including phenoxy) is 2. The molecule has 0 aromatic heterocycles. The second-order valence-corrected chi connectivity index (χ2v) is 8.62. The molecule has 0 spiro atoms. The Morgan fingerprint density at radius 1 is 0.514 bits per heavy atom. The summed E-state index contributed by atoms with van der Waals surface area (Å²) in [4.78, 5) is 0. The highest BCUT2D eigenvalue weighted by molar-refractivity contribution is 6.31. The van der Waals surface area contributed by atoms with E-state index < -0.39 is 0 Å². The van der Waals surface area contributed by atoms with E-state index in [1.807, 2.05) is 24.3 Å². The maximum Gasteiger partial charge on any atom is 0.131 e. The number of hydrogen-bond acceptors (Lipinski definition) is 6. The fourth-order valence-electron chi connectivity index (χ4n) is 3.58. The summed E-state index contributed by atoms with van der Waals surface area (Å²) in [5.74, 6) is 1.77. The van der Waals surface area contributed by atoms with Gasteiger partial charge in [-0.3, -0.25) is 0 Å². The van der Waals surface area contributed by atoms with Crippen molar-refractivity contribution < 1.29 is 9.47 Å². The number of nitrogens with zero attached hydrogens (tertiary/aromatic N) is 4. The van der Waals surface area contributed by atoms with Crippen LogP contribution in [-0.2, 0) is 6.42 Å². The van der Waals surface area contributed by atoms with Gasteiger partial charge in [0.25, 0.3) is 0 Å². The van der Waals surface area contributed by atoms with Crippen molar-refractivity contribution in [1.82, 2.24) is 0 Å². The van der Waals surface area contributed by atoms with Crippen molar-refractivity contribution in [3.63, 3.8) is 0 Å². The van der Waals surface area contributed by atoms with Crippen LogP contribution in [0.1, 0.15) is 33.4 Å². The molecule has 0 unspecified atom stereocenters. The summed E-state index contributed by atoms with van der Waals surface area (Å²) < 4.78 is 12.1. The Hall–Kier alpha value is -4.98. The summed E-state index contributed by atoms with van der Waals surface area (Å²) in [6, 6.07) is 27.5. The van der Waals surface area contributed by atoms with Crippen molar-refractivity contribution in [2.45, 2.75) is 6.42 Å². The Morgan fingerprint density at radius 3 is 1.30 bits per heavy atom. The number of nitriles is 4. The van der Waals surface area contributed by atoms with Gasteiger partial charge in [0.15, 0.2) is 0 Å². The second-order valence-electron chi connectivity index (χ2n) is 7.75. The Morgan fingerprint density at radius 2 is 0.919 bits per heavy atom. The molecule has 6 nitrogen and oxygen atoms in total. The normalized spacial score (nSPS) is 9.89. The highest BCUT2D eigenvalue weighted by Crippen LogP contribution is 2.35. The van der Waals surface area contributed by atoms with E-state index in [1.165, 1.54) is 24.3 Å². The molecule has 0 fully saturated rings. The van der Waals surface area contributed by atoms with Gasteiger partial charge in [0.2, 0.25) is 0 Å². The topological polar surface area (TPSA) is 114 Å². The van der Waals surface area contributed by atoms with Crippen molar-refractivity contribution in [3.05, 3.63) is 116 Å². The van der Waals surface area contributed by atoms with E-state index in [1.54, 1.807) is 48.5 Å². The molecule has 4 aromatic carbocycles. The molecule has 0 N–H and O–H groups in total. The molecule has 0 amide bonds. The molecule has 0 saturated carbocycles. The third kappa shape index (κ3) is 5.82. The molecular formula is C29H14Cl2N4O2. The summed E-state index contributed by atoms with van der Waals surface area (Å²) in [7, 11) is 0. The van der Waals surface area contributed by atoms with Crippen molar-refractivity contribution >= 4 is 23.2 Å². The summed E-state index contributed by atoms with van der Waals surface area (Å²) >= 11 is 12.6. The maximum absolute atomic E-state index is 9.33. The standard InChI is InChI=1S/C29H14Cl2N4O2/c30-24-3-7-28(36-26-5-1-18(14-32)22(12-26)16-34)20(10-24)9-21-11-25(31)4-8-29(21)37-27-6-2-19(15-33)23(13-27)17-35/h1-8,10-13H,9H2. The number of halogens is 2. The summed E-state index contributed by atoms with van der Waals surface area (Å²) in [5, 5.41) is 38.0. The van der Waals surface area contributed by atoms with Gasteiger partial charge < -0.3 is 9.47 Å². The average Bonchev–Trinajstić information content (AvgIpc) is 2.91. The van der Waals surface area contributed by atoms with Gasteiger partial charge in [-0.15, -0.1) is 0 Å². The lowest BCUT2D eigenvalue weighted by Gasteiger charge is -2.15. The van der Waals surface area contributed by atoms with E-state index in [4.69, 9.17) is 43.2 Å². The molecular weight excluding hydrogens is 507 g/mol. The minimum atomic E-state index is 0.209. The van der Waals surface area contributed by atoms with E-state index in [-0.39, 0.29) is 22.3 Å². The van der Waals surface area contributed by atoms with Crippen molar-refractivity contribution in [1.29, 1.82) is 21.0 Å². The molecule has 37 heavy (non-hydrogen) atoms. The van der Waals surface area contributed by atoms with Crippen LogP contribution in [0.5, 0.6) is 23.0 Å². The fourth-order valence-corrected chi connectivity index (χ4v) is 3.97. The first-order valence-corrected chi connectivity index (χ1v) is 11.5. The van der Waals surface area contributed by atoms with Crippen molar-refractivity contribution in [2.75, 3.05) is 0 Å². The van der Waals surface area contributed by atoms with Gasteiger partial charge in [-0.2, -0.15) is 21.0 Å². The third-order valence-corrected chi connectivity index (χ3v) is 5.82. The molecule has 0 saturated heterocycles. The van der Waals surface area contributed by atoms with Gasteiger partial charge in [-0.05, 0) is 72.8 Å². The van der Waals surface area contributed by atoms with Crippen LogP contribution in [0.4, 0.5) is 0 Å². The summed E-state index contributed by atoms with van der Waals surface area (Å²) in [5.41, 5.74) is 2.38. The molecule has 176 valence electrons. The van der Waals surface area contributed by atoms with Gasteiger partial charge in [0.1, 0.15) is 47.3 Å². The van der Waals surface area contributed by atoms with Crippen LogP contribution < -0.4 is 9.47 Å². The second kappa shape index (κ2) is 11.2.